The zero-order valence-corrected chi connectivity index (χ0v) is 24.9. The Morgan fingerprint density at radius 3 is 2.21 bits per heavy atom. The van der Waals surface area contributed by atoms with Crippen molar-refractivity contribution in [3.8, 4) is 5.75 Å². The lowest BCUT2D eigenvalue weighted by atomic mass is 10.2. The van der Waals surface area contributed by atoms with Crippen LogP contribution >= 0.6 is 23.7 Å². The van der Waals surface area contributed by atoms with Gasteiger partial charge in [0.1, 0.15) is 11.3 Å². The van der Waals surface area contributed by atoms with Crippen molar-refractivity contribution >= 4 is 60.7 Å². The Kier molecular flexibility index (Phi) is 10.3. The van der Waals surface area contributed by atoms with Crippen molar-refractivity contribution in [2.45, 2.75) is 18.7 Å². The maximum absolute atomic E-state index is 13.8. The first kappa shape index (κ1) is 30.4. The van der Waals surface area contributed by atoms with E-state index in [-0.39, 0.29) is 23.2 Å². The lowest BCUT2D eigenvalue weighted by Gasteiger charge is -2.25. The minimum absolute atomic E-state index is 0. The molecule has 1 amide bonds. The summed E-state index contributed by atoms with van der Waals surface area (Å²) in [6.07, 6.45) is 0. The monoisotopic (exact) mass is 588 g/mol. The predicted molar refractivity (Wildman–Crippen MR) is 161 cm³/mol. The highest BCUT2D eigenvalue weighted by Crippen LogP contribution is 2.34. The molecule has 1 aromatic heterocycles. The van der Waals surface area contributed by atoms with E-state index in [1.165, 1.54) is 34.8 Å². The van der Waals surface area contributed by atoms with E-state index in [0.717, 1.165) is 17.8 Å². The van der Waals surface area contributed by atoms with Gasteiger partial charge in [-0.1, -0.05) is 49.4 Å². The Balaban J connectivity index is 0.00000420. The van der Waals surface area contributed by atoms with Crippen molar-refractivity contribution in [1.82, 2.24) is 9.88 Å². The van der Waals surface area contributed by atoms with Gasteiger partial charge in [0.25, 0.3) is 15.9 Å². The van der Waals surface area contributed by atoms with Crippen LogP contribution in [0.2, 0.25) is 0 Å². The van der Waals surface area contributed by atoms with Gasteiger partial charge in [0.05, 0.1) is 22.4 Å². The number of benzene rings is 3. The number of thiazole rings is 1. The maximum atomic E-state index is 13.8. The SMILES string of the molecule is CCN(CC)CCN(C(=O)c1ccc(S(=O)(=O)N(C)c2ccccc2)cc1)c1nc2c(OC)cccc2s1.Cl. The van der Waals surface area contributed by atoms with E-state index in [1.807, 2.05) is 24.3 Å². The van der Waals surface area contributed by atoms with E-state index in [9.17, 15) is 13.2 Å². The number of hydrogen-bond acceptors (Lipinski definition) is 7. The standard InChI is InChI=1S/C28H32N4O4S2.ClH/c1-5-31(6-2)19-20-32(28-29-26-24(36-4)13-10-14-25(26)37-28)27(33)21-15-17-23(18-16-21)38(34,35)30(3)22-11-8-7-9-12-22;/h7-18H,5-6,19-20H2,1-4H3;1H. The summed E-state index contributed by atoms with van der Waals surface area (Å²) >= 11 is 1.43. The number of sulfonamides is 1. The second kappa shape index (κ2) is 13.3. The molecule has 0 atom stereocenters. The zero-order valence-electron chi connectivity index (χ0n) is 22.4. The Bertz CT molecular complexity index is 1490. The third-order valence-corrected chi connectivity index (χ3v) is 9.32. The lowest BCUT2D eigenvalue weighted by Crippen LogP contribution is -2.38. The molecule has 1 heterocycles. The van der Waals surface area contributed by atoms with Crippen LogP contribution in [0.4, 0.5) is 10.8 Å². The molecule has 0 N–H and O–H groups in total. The second-order valence-corrected chi connectivity index (χ2v) is 11.6. The van der Waals surface area contributed by atoms with Gasteiger partial charge in [-0.15, -0.1) is 12.4 Å². The summed E-state index contributed by atoms with van der Waals surface area (Å²) in [4.78, 5) is 22.5. The molecule has 0 bridgehead atoms. The van der Waals surface area contributed by atoms with E-state index in [4.69, 9.17) is 9.72 Å². The lowest BCUT2D eigenvalue weighted by molar-refractivity contribution is 0.0983. The number of carbonyl (C=O) groups is 1. The number of methoxy groups -OCH3 is 1. The van der Waals surface area contributed by atoms with Crippen LogP contribution in [0.15, 0.2) is 77.7 Å². The third-order valence-electron chi connectivity index (χ3n) is 6.48. The Labute approximate surface area is 240 Å². The molecule has 0 radical (unpaired) electrons. The van der Waals surface area contributed by atoms with Crippen LogP contribution in [-0.4, -0.2) is 64.5 Å². The van der Waals surface area contributed by atoms with Gasteiger partial charge in [-0.2, -0.15) is 0 Å². The van der Waals surface area contributed by atoms with Crippen molar-refractivity contribution in [3.05, 3.63) is 78.4 Å². The summed E-state index contributed by atoms with van der Waals surface area (Å²) in [5.41, 5.74) is 1.65. The number of nitrogens with zero attached hydrogens (tertiary/aromatic N) is 4. The van der Waals surface area contributed by atoms with Gasteiger partial charge in [-0.05, 0) is 61.6 Å². The molecule has 0 spiro atoms. The molecule has 4 aromatic rings. The van der Waals surface area contributed by atoms with Gasteiger partial charge >= 0.3 is 0 Å². The predicted octanol–water partition coefficient (Wildman–Crippen LogP) is 5.54. The number of likely N-dealkylation sites (N-methyl/N-ethyl adjacent to an activating group) is 1. The summed E-state index contributed by atoms with van der Waals surface area (Å²) in [5.74, 6) is 0.411. The average Bonchev–Trinajstić information content (AvgIpc) is 3.39. The van der Waals surface area contributed by atoms with Crippen LogP contribution in [0.3, 0.4) is 0 Å². The summed E-state index contributed by atoms with van der Waals surface area (Å²) in [6, 6.07) is 20.6. The first-order valence-electron chi connectivity index (χ1n) is 12.4. The van der Waals surface area contributed by atoms with Crippen LogP contribution in [0, 0.1) is 0 Å². The van der Waals surface area contributed by atoms with E-state index < -0.39 is 10.0 Å². The molecule has 0 saturated heterocycles. The van der Waals surface area contributed by atoms with Crippen LogP contribution in [0.5, 0.6) is 5.75 Å². The minimum Gasteiger partial charge on any atom is -0.494 e. The number of rotatable bonds is 11. The van der Waals surface area contributed by atoms with Crippen LogP contribution < -0.4 is 13.9 Å². The van der Waals surface area contributed by atoms with Crippen molar-refractivity contribution in [1.29, 1.82) is 0 Å². The number of amides is 1. The number of carbonyl (C=O) groups excluding carboxylic acids is 1. The molecule has 11 heteroatoms. The highest BCUT2D eigenvalue weighted by atomic mass is 35.5. The fourth-order valence-corrected chi connectivity index (χ4v) is 6.32. The van der Waals surface area contributed by atoms with E-state index >= 15 is 0 Å². The molecule has 0 aliphatic rings. The van der Waals surface area contributed by atoms with Crippen LogP contribution in [0.25, 0.3) is 10.2 Å². The van der Waals surface area contributed by atoms with Crippen LogP contribution in [-0.2, 0) is 10.0 Å². The summed E-state index contributed by atoms with van der Waals surface area (Å²) < 4.78 is 34.0. The van der Waals surface area contributed by atoms with Gasteiger partial charge in [-0.3, -0.25) is 14.0 Å². The Hall–Kier alpha value is -3.18. The molecule has 0 saturated carbocycles. The fraction of sp³-hybridized carbons (Fsp3) is 0.286. The number of ether oxygens (including phenoxy) is 1. The van der Waals surface area contributed by atoms with Gasteiger partial charge in [-0.25, -0.2) is 13.4 Å². The van der Waals surface area contributed by atoms with Gasteiger partial charge < -0.3 is 9.64 Å². The molecule has 0 aliphatic heterocycles. The summed E-state index contributed by atoms with van der Waals surface area (Å²) in [6.45, 7) is 7.04. The first-order chi connectivity index (χ1) is 18.3. The number of anilines is 2. The smallest absolute Gasteiger partial charge is 0.264 e. The van der Waals surface area contributed by atoms with E-state index in [0.29, 0.717) is 40.7 Å². The molecular weight excluding hydrogens is 556 g/mol. The number of halogens is 1. The molecular formula is C28H33ClN4O4S2. The van der Waals surface area contributed by atoms with Gasteiger partial charge in [0, 0.05) is 25.7 Å². The van der Waals surface area contributed by atoms with Crippen molar-refractivity contribution in [3.63, 3.8) is 0 Å². The zero-order chi connectivity index (χ0) is 27.3. The second-order valence-electron chi connectivity index (χ2n) is 8.62. The number of aromatic nitrogens is 1. The Morgan fingerprint density at radius 2 is 1.59 bits per heavy atom. The van der Waals surface area contributed by atoms with Crippen molar-refractivity contribution < 1.29 is 17.9 Å². The van der Waals surface area contributed by atoms with E-state index in [2.05, 4.69) is 18.7 Å². The summed E-state index contributed by atoms with van der Waals surface area (Å²) in [7, 11) is -0.670. The van der Waals surface area contributed by atoms with Crippen LogP contribution in [0.1, 0.15) is 24.2 Å². The summed E-state index contributed by atoms with van der Waals surface area (Å²) in [5, 5.41) is 0.571. The molecule has 4 rings (SSSR count). The minimum atomic E-state index is -3.78. The quantitative estimate of drug-likeness (QED) is 0.229. The first-order valence-corrected chi connectivity index (χ1v) is 14.7. The highest BCUT2D eigenvalue weighted by molar-refractivity contribution is 7.92. The highest BCUT2D eigenvalue weighted by Gasteiger charge is 2.25. The fourth-order valence-electron chi connectivity index (χ4n) is 4.12. The Morgan fingerprint density at radius 1 is 0.923 bits per heavy atom. The number of para-hydroxylation sites is 2. The molecule has 8 nitrogen and oxygen atoms in total. The van der Waals surface area contributed by atoms with Gasteiger partial charge in [0.15, 0.2) is 5.13 Å². The topological polar surface area (TPSA) is 83.1 Å². The van der Waals surface area contributed by atoms with Crippen molar-refractivity contribution in [2.24, 2.45) is 0 Å². The average molecular weight is 589 g/mol. The molecule has 0 unspecified atom stereocenters. The largest absolute Gasteiger partial charge is 0.494 e. The van der Waals surface area contributed by atoms with Gasteiger partial charge in [0.2, 0.25) is 0 Å². The molecule has 0 fully saturated rings. The molecule has 3 aromatic carbocycles. The molecule has 208 valence electrons. The van der Waals surface area contributed by atoms with E-state index in [1.54, 1.807) is 48.4 Å². The molecule has 39 heavy (non-hydrogen) atoms. The molecule has 0 aliphatic carbocycles. The normalized spacial score (nSPS) is 11.3. The number of fused-ring (bicyclic) bond motifs is 1. The third kappa shape index (κ3) is 6.52. The number of hydrogen-bond donors (Lipinski definition) is 0. The maximum Gasteiger partial charge on any atom is 0.264 e. The van der Waals surface area contributed by atoms with Crippen molar-refractivity contribution in [2.75, 3.05) is 49.5 Å².